The fraction of sp³-hybridized carbons (Fsp3) is 0.621. The predicted molar refractivity (Wildman–Crippen MR) is 196 cm³/mol. The molecule has 9 atom stereocenters. The molecule has 30 heteroatoms. The summed E-state index contributed by atoms with van der Waals surface area (Å²) in [5, 5.41) is 17.4. The van der Waals surface area contributed by atoms with Gasteiger partial charge in [-0.2, -0.15) is 4.98 Å². The molecule has 5 heterocycles. The number of fused-ring (bicyclic) bond motifs is 1. The summed E-state index contributed by atoms with van der Waals surface area (Å²) in [7, 11) is -10.3. The average molecular weight is 877 g/mol. The van der Waals surface area contributed by atoms with Crippen molar-refractivity contribution in [2.75, 3.05) is 31.2 Å². The van der Waals surface area contributed by atoms with Gasteiger partial charge in [0.15, 0.2) is 23.8 Å². The van der Waals surface area contributed by atoms with Crippen LogP contribution < -0.4 is 22.5 Å². The van der Waals surface area contributed by atoms with Gasteiger partial charge in [-0.1, -0.05) is 5.11 Å². The van der Waals surface area contributed by atoms with Crippen LogP contribution in [0.3, 0.4) is 0 Å². The van der Waals surface area contributed by atoms with Gasteiger partial charge in [0.05, 0.1) is 19.5 Å². The third-order valence-corrected chi connectivity index (χ3v) is 9.93. The molecule has 2 aliphatic heterocycles. The molecule has 1 amide bonds. The Kier molecular flexibility index (Phi) is 14.3. The van der Waals surface area contributed by atoms with Crippen molar-refractivity contribution < 1.29 is 71.0 Å². The van der Waals surface area contributed by atoms with Crippen LogP contribution in [0, 0.1) is 0 Å². The molecule has 1 unspecified atom stereocenters. The Morgan fingerprint density at radius 3 is 2.53 bits per heavy atom. The van der Waals surface area contributed by atoms with E-state index in [1.165, 1.54) is 23.2 Å². The van der Waals surface area contributed by atoms with Crippen LogP contribution in [0.25, 0.3) is 21.6 Å². The van der Waals surface area contributed by atoms with Crippen LogP contribution in [0.1, 0.15) is 52.5 Å². The van der Waals surface area contributed by atoms with E-state index in [1.54, 1.807) is 20.8 Å². The number of nitrogens with zero attached hydrogens (tertiary/aromatic N) is 9. The maximum Gasteiger partial charge on any atom is 0.472 e. The molecule has 28 nitrogen and oxygen atoms in total. The standard InChI is InChI=1S/C29H42N12O16P2/c1-29(2,3)56-28(45)37-14(5-4-7-36-39-32)26(43)55-22-17(54-25(21(22)42)41-13-35-20-23(31)33-12-34-24(20)41)11-52-59(49,50)57-15-9-19(40-8-6-18(30)38-27(40)44)53-16(15)10-51-58(46,47)48/h6,8,12-17,19,21-22,25,42H,4-5,7,9-11H2,1-3H3,(H,37,45)(H,49,50)(H2,30,38,44)(H2,31,33,34)(H2,46,47,48)/t14-,15-,16+,17+,19+,21+,22+,25+/m0/s1. The molecule has 0 spiro atoms. The molecule has 0 saturated carbocycles. The van der Waals surface area contributed by atoms with E-state index in [2.05, 4.69) is 39.8 Å². The summed E-state index contributed by atoms with van der Waals surface area (Å²) in [6.07, 6.45) is -8.52. The number of aliphatic hydroxyl groups excluding tert-OH is 1. The Bertz CT molecular complexity index is 2190. The quantitative estimate of drug-likeness (QED) is 0.0239. The number of anilines is 2. The number of phosphoric acid groups is 2. The van der Waals surface area contributed by atoms with Crippen molar-refractivity contribution in [3.8, 4) is 0 Å². The second-order valence-corrected chi connectivity index (χ2v) is 16.6. The number of aromatic nitrogens is 6. The number of alkyl carbamates (subject to hydrolysis) is 1. The summed E-state index contributed by atoms with van der Waals surface area (Å²) in [6, 6.07) is -0.160. The van der Waals surface area contributed by atoms with Crippen molar-refractivity contribution in [2.24, 2.45) is 5.11 Å². The number of carbonyl (C=O) groups is 2. The number of amides is 1. The van der Waals surface area contributed by atoms with E-state index in [-0.39, 0.29) is 48.6 Å². The van der Waals surface area contributed by atoms with Crippen LogP contribution in [-0.4, -0.2) is 123 Å². The first-order valence-electron chi connectivity index (χ1n) is 17.5. The summed E-state index contributed by atoms with van der Waals surface area (Å²) in [4.78, 5) is 86.7. The zero-order valence-corrected chi connectivity index (χ0v) is 33.2. The molecule has 3 aromatic rings. The van der Waals surface area contributed by atoms with Crippen molar-refractivity contribution in [1.29, 1.82) is 0 Å². The SMILES string of the molecule is CC(C)(C)OC(=O)N[C@@H](CCCN=[N+]=[N-])C(=O)O[C@H]1[C@@H](O)[C@H](n2cnc3c(N)ncnc32)O[C@@H]1COP(=O)(O)O[C@H]1C[C@H](n2ccc(N)nc2=O)O[C@@H]1COP(=O)(O)O. The van der Waals surface area contributed by atoms with E-state index in [4.69, 9.17) is 45.0 Å². The third-order valence-electron chi connectivity index (χ3n) is 8.43. The van der Waals surface area contributed by atoms with E-state index in [9.17, 15) is 43.3 Å². The van der Waals surface area contributed by atoms with Crippen molar-refractivity contribution in [3.63, 3.8) is 0 Å². The largest absolute Gasteiger partial charge is 0.472 e. The maximum atomic E-state index is 13.7. The Labute approximate surface area is 332 Å². The Balaban J connectivity index is 1.38. The molecule has 59 heavy (non-hydrogen) atoms. The molecule has 0 bridgehead atoms. The Hall–Kier alpha value is -4.82. The Morgan fingerprint density at radius 1 is 1.12 bits per heavy atom. The lowest BCUT2D eigenvalue weighted by Crippen LogP contribution is -2.47. The number of carbonyl (C=O) groups excluding carboxylic acids is 2. The minimum Gasteiger partial charge on any atom is -0.455 e. The number of azide groups is 1. The van der Waals surface area contributed by atoms with E-state index < -0.39 is 101 Å². The van der Waals surface area contributed by atoms with Crippen LogP contribution in [0.5, 0.6) is 0 Å². The third kappa shape index (κ3) is 12.1. The highest BCUT2D eigenvalue weighted by atomic mass is 31.2. The van der Waals surface area contributed by atoms with Gasteiger partial charge in [-0.3, -0.25) is 22.7 Å². The lowest BCUT2D eigenvalue weighted by molar-refractivity contribution is -0.159. The number of rotatable bonds is 17. The summed E-state index contributed by atoms with van der Waals surface area (Å²) in [5.74, 6) is -1.25. The number of nitrogens with one attached hydrogen (secondary N) is 1. The fourth-order valence-corrected chi connectivity index (χ4v) is 7.23. The van der Waals surface area contributed by atoms with Crippen LogP contribution in [-0.2, 0) is 46.4 Å². The highest BCUT2D eigenvalue weighted by Gasteiger charge is 2.50. The minimum atomic E-state index is -5.24. The van der Waals surface area contributed by atoms with Crippen LogP contribution in [0.2, 0.25) is 0 Å². The first-order valence-corrected chi connectivity index (χ1v) is 20.5. The molecule has 0 radical (unpaired) electrons. The molecule has 0 aliphatic carbocycles. The molecular formula is C29H42N12O16P2. The van der Waals surface area contributed by atoms with Crippen molar-refractivity contribution in [2.45, 2.75) is 94.7 Å². The van der Waals surface area contributed by atoms with Gasteiger partial charge in [-0.25, -0.2) is 38.5 Å². The van der Waals surface area contributed by atoms with Gasteiger partial charge >= 0.3 is 33.4 Å². The fourth-order valence-electron chi connectivity index (χ4n) is 5.93. The van der Waals surface area contributed by atoms with Crippen LogP contribution >= 0.6 is 15.6 Å². The number of hydrogen-bond donors (Lipinski definition) is 7. The van der Waals surface area contributed by atoms with E-state index in [0.29, 0.717) is 0 Å². The predicted octanol–water partition coefficient (Wildman–Crippen LogP) is 0.301. The van der Waals surface area contributed by atoms with Crippen molar-refractivity contribution in [1.82, 2.24) is 34.4 Å². The summed E-state index contributed by atoms with van der Waals surface area (Å²) in [6.45, 7) is 2.93. The van der Waals surface area contributed by atoms with Gasteiger partial charge < -0.3 is 55.5 Å². The molecular weight excluding hydrogens is 834 g/mol. The van der Waals surface area contributed by atoms with Gasteiger partial charge in [-0.05, 0) is 45.2 Å². The second kappa shape index (κ2) is 18.6. The second-order valence-electron chi connectivity index (χ2n) is 13.9. The van der Waals surface area contributed by atoms with Gasteiger partial charge in [0.1, 0.15) is 59.9 Å². The van der Waals surface area contributed by atoms with Gasteiger partial charge in [-0.15, -0.1) is 0 Å². The van der Waals surface area contributed by atoms with E-state index >= 15 is 0 Å². The molecule has 2 aliphatic rings. The Morgan fingerprint density at radius 2 is 1.85 bits per heavy atom. The zero-order valence-electron chi connectivity index (χ0n) is 31.4. The highest BCUT2D eigenvalue weighted by molar-refractivity contribution is 7.47. The van der Waals surface area contributed by atoms with E-state index in [0.717, 1.165) is 10.9 Å². The first kappa shape index (κ1) is 45.3. The minimum absolute atomic E-state index is 0.0144. The molecule has 2 saturated heterocycles. The number of phosphoric ester groups is 2. The van der Waals surface area contributed by atoms with Gasteiger partial charge in [0.25, 0.3) is 0 Å². The zero-order chi connectivity index (χ0) is 43.3. The first-order chi connectivity index (χ1) is 27.6. The normalized spacial score (nSPS) is 24.9. The summed E-state index contributed by atoms with van der Waals surface area (Å²) >= 11 is 0. The van der Waals surface area contributed by atoms with Crippen molar-refractivity contribution >= 4 is 50.5 Å². The number of nitrogen functional groups attached to an aromatic ring is 2. The van der Waals surface area contributed by atoms with Crippen molar-refractivity contribution in [3.05, 3.63) is 45.8 Å². The monoisotopic (exact) mass is 876 g/mol. The summed E-state index contributed by atoms with van der Waals surface area (Å²) in [5.41, 5.74) is 18.5. The number of aliphatic hydroxyl groups is 1. The molecule has 3 aromatic heterocycles. The van der Waals surface area contributed by atoms with Gasteiger partial charge in [0.2, 0.25) is 0 Å². The maximum absolute atomic E-state index is 13.7. The number of hydrogen-bond acceptors (Lipinski definition) is 20. The van der Waals surface area contributed by atoms with E-state index in [1.807, 2.05) is 0 Å². The smallest absolute Gasteiger partial charge is 0.455 e. The van der Waals surface area contributed by atoms with Gasteiger partial charge in [0, 0.05) is 24.1 Å². The number of ether oxygens (including phenoxy) is 4. The highest BCUT2D eigenvalue weighted by Crippen LogP contribution is 2.50. The molecule has 324 valence electrons. The molecule has 5 rings (SSSR count). The lowest BCUT2D eigenvalue weighted by Gasteiger charge is -2.26. The number of imidazole rings is 1. The topological polar surface area (TPSA) is 405 Å². The lowest BCUT2D eigenvalue weighted by atomic mass is 10.1. The van der Waals surface area contributed by atoms with Crippen LogP contribution in [0.4, 0.5) is 16.4 Å². The number of esters is 1. The number of nitrogens with two attached hydrogens (primary N) is 2. The molecule has 2 fully saturated rings. The molecule has 9 N–H and O–H groups in total. The summed E-state index contributed by atoms with van der Waals surface area (Å²) < 4.78 is 64.9. The average Bonchev–Trinajstić information content (AvgIpc) is 3.82. The van der Waals surface area contributed by atoms with Crippen LogP contribution in [0.15, 0.2) is 34.8 Å². The molecule has 0 aromatic carbocycles.